The van der Waals surface area contributed by atoms with Gasteiger partial charge in [0.2, 0.25) is 5.95 Å². The van der Waals surface area contributed by atoms with Gasteiger partial charge in [-0.2, -0.15) is 0 Å². The molecule has 2 aromatic heterocycles. The molecule has 0 bridgehead atoms. The van der Waals surface area contributed by atoms with Gasteiger partial charge in [0.05, 0.1) is 27.3 Å². The molecule has 1 aliphatic rings. The fraction of sp³-hybridized carbons (Fsp3) is 0.368. The van der Waals surface area contributed by atoms with Crippen molar-refractivity contribution in [2.75, 3.05) is 43.4 Å². The monoisotopic (exact) mass is 382 g/mol. The molecule has 0 unspecified atom stereocenters. The Bertz CT molecular complexity index is 937. The van der Waals surface area contributed by atoms with Crippen molar-refractivity contribution in [1.82, 2.24) is 19.9 Å². The summed E-state index contributed by atoms with van der Waals surface area (Å²) in [5, 5.41) is 3.39. The van der Waals surface area contributed by atoms with Crippen LogP contribution in [0.4, 0.5) is 11.6 Å². The molecular formula is C19H22N6OS. The number of nitrogens with one attached hydrogen (secondary N) is 1. The fourth-order valence-electron chi connectivity index (χ4n) is 3.16. The first-order valence-electron chi connectivity index (χ1n) is 8.97. The first kappa shape index (κ1) is 17.8. The van der Waals surface area contributed by atoms with E-state index in [1.54, 1.807) is 0 Å². The number of aromatic nitrogens is 3. The number of rotatable bonds is 3. The van der Waals surface area contributed by atoms with E-state index in [0.717, 1.165) is 53.7 Å². The summed E-state index contributed by atoms with van der Waals surface area (Å²) in [5.74, 6) is 0.509. The Morgan fingerprint density at radius 1 is 1.04 bits per heavy atom. The number of nitrogens with zero attached hydrogens (tertiary/aromatic N) is 5. The summed E-state index contributed by atoms with van der Waals surface area (Å²) in [4.78, 5) is 30.9. The topological polar surface area (TPSA) is 74.2 Å². The molecule has 1 fully saturated rings. The number of likely N-dealkylation sites (N-methyl/N-ethyl adjacent to an activating group) is 1. The van der Waals surface area contributed by atoms with Gasteiger partial charge in [-0.3, -0.25) is 4.79 Å². The molecule has 0 radical (unpaired) electrons. The highest BCUT2D eigenvalue weighted by Crippen LogP contribution is 2.25. The van der Waals surface area contributed by atoms with E-state index in [4.69, 9.17) is 0 Å². The standard InChI is InChI=1S/C19H22N6OS/c1-12-16(13(2)21-19(20-12)25-10-8-24(3)9-11-25)23-17(26)18-22-14-6-4-5-7-15(14)27-18/h4-7H,8-11H2,1-3H3,(H,23,26). The summed E-state index contributed by atoms with van der Waals surface area (Å²) in [5.41, 5.74) is 3.04. The van der Waals surface area contributed by atoms with E-state index in [-0.39, 0.29) is 5.91 Å². The third kappa shape index (κ3) is 3.63. The summed E-state index contributed by atoms with van der Waals surface area (Å²) >= 11 is 1.39. The van der Waals surface area contributed by atoms with Gasteiger partial charge in [0.25, 0.3) is 5.91 Å². The predicted molar refractivity (Wildman–Crippen MR) is 109 cm³/mol. The Morgan fingerprint density at radius 3 is 2.37 bits per heavy atom. The number of hydrogen-bond acceptors (Lipinski definition) is 7. The van der Waals surface area contributed by atoms with Crippen LogP contribution in [0.1, 0.15) is 21.2 Å². The average Bonchev–Trinajstić information content (AvgIpc) is 3.09. The Morgan fingerprint density at radius 2 is 1.70 bits per heavy atom. The highest BCUT2D eigenvalue weighted by atomic mass is 32.1. The number of piperazine rings is 1. The quantitative estimate of drug-likeness (QED) is 0.751. The summed E-state index contributed by atoms with van der Waals surface area (Å²) in [6.45, 7) is 7.62. The number of anilines is 2. The summed E-state index contributed by atoms with van der Waals surface area (Å²) in [7, 11) is 2.12. The SMILES string of the molecule is Cc1nc(N2CCN(C)CC2)nc(C)c1NC(=O)c1nc2ccccc2s1. The van der Waals surface area contributed by atoms with Crippen molar-refractivity contribution in [1.29, 1.82) is 0 Å². The van der Waals surface area contributed by atoms with Crippen molar-refractivity contribution in [3.8, 4) is 0 Å². The van der Waals surface area contributed by atoms with E-state index >= 15 is 0 Å². The second-order valence-electron chi connectivity index (χ2n) is 6.80. The van der Waals surface area contributed by atoms with Crippen LogP contribution >= 0.6 is 11.3 Å². The molecule has 3 heterocycles. The van der Waals surface area contributed by atoms with Crippen molar-refractivity contribution in [2.45, 2.75) is 13.8 Å². The van der Waals surface area contributed by atoms with Gasteiger partial charge in [0.1, 0.15) is 0 Å². The lowest BCUT2D eigenvalue weighted by Gasteiger charge is -2.32. The zero-order valence-corrected chi connectivity index (χ0v) is 16.5. The number of benzene rings is 1. The molecule has 3 aromatic rings. The van der Waals surface area contributed by atoms with Gasteiger partial charge in [-0.1, -0.05) is 12.1 Å². The summed E-state index contributed by atoms with van der Waals surface area (Å²) < 4.78 is 0.998. The zero-order valence-electron chi connectivity index (χ0n) is 15.7. The molecular weight excluding hydrogens is 360 g/mol. The molecule has 4 rings (SSSR count). The molecule has 140 valence electrons. The molecule has 0 atom stereocenters. The number of para-hydroxylation sites is 1. The minimum Gasteiger partial charge on any atom is -0.338 e. The van der Waals surface area contributed by atoms with Gasteiger partial charge in [0, 0.05) is 26.2 Å². The van der Waals surface area contributed by atoms with Gasteiger partial charge in [-0.05, 0) is 33.0 Å². The molecule has 1 aliphatic heterocycles. The van der Waals surface area contributed by atoms with Crippen molar-refractivity contribution in [3.63, 3.8) is 0 Å². The van der Waals surface area contributed by atoms with Crippen LogP contribution in [0.5, 0.6) is 0 Å². The van der Waals surface area contributed by atoms with Crippen LogP contribution in [0.3, 0.4) is 0 Å². The van der Waals surface area contributed by atoms with Crippen LogP contribution in [-0.2, 0) is 0 Å². The third-order valence-corrected chi connectivity index (χ3v) is 5.81. The van der Waals surface area contributed by atoms with Gasteiger partial charge < -0.3 is 15.1 Å². The van der Waals surface area contributed by atoms with E-state index in [9.17, 15) is 4.79 Å². The highest BCUT2D eigenvalue weighted by molar-refractivity contribution is 7.20. The second kappa shape index (κ2) is 7.21. The zero-order chi connectivity index (χ0) is 19.0. The normalized spacial score (nSPS) is 15.3. The number of thiazole rings is 1. The van der Waals surface area contributed by atoms with E-state index < -0.39 is 0 Å². The first-order chi connectivity index (χ1) is 13.0. The summed E-state index contributed by atoms with van der Waals surface area (Å²) in [6, 6.07) is 7.74. The number of amides is 1. The van der Waals surface area contributed by atoms with Crippen molar-refractivity contribution in [3.05, 3.63) is 40.7 Å². The first-order valence-corrected chi connectivity index (χ1v) is 9.78. The maximum absolute atomic E-state index is 12.7. The number of hydrogen-bond donors (Lipinski definition) is 1. The lowest BCUT2D eigenvalue weighted by Crippen LogP contribution is -2.45. The van der Waals surface area contributed by atoms with Gasteiger partial charge >= 0.3 is 0 Å². The fourth-order valence-corrected chi connectivity index (χ4v) is 4.02. The minimum atomic E-state index is -0.224. The van der Waals surface area contributed by atoms with Crippen LogP contribution in [-0.4, -0.2) is 59.0 Å². The maximum Gasteiger partial charge on any atom is 0.284 e. The Labute approximate surface area is 162 Å². The molecule has 0 spiro atoms. The van der Waals surface area contributed by atoms with E-state index in [1.807, 2.05) is 38.1 Å². The minimum absolute atomic E-state index is 0.224. The molecule has 1 saturated heterocycles. The lowest BCUT2D eigenvalue weighted by atomic mass is 10.2. The van der Waals surface area contributed by atoms with E-state index in [1.165, 1.54) is 11.3 Å². The Kier molecular flexibility index (Phi) is 4.75. The predicted octanol–water partition coefficient (Wildman–Crippen LogP) is 2.71. The molecule has 1 amide bonds. The molecule has 1 N–H and O–H groups in total. The average molecular weight is 382 g/mol. The number of carbonyl (C=O) groups is 1. The number of carbonyl (C=O) groups excluding carboxylic acids is 1. The smallest absolute Gasteiger partial charge is 0.284 e. The summed E-state index contributed by atoms with van der Waals surface area (Å²) in [6.07, 6.45) is 0. The van der Waals surface area contributed by atoms with E-state index in [0.29, 0.717) is 10.7 Å². The number of aryl methyl sites for hydroxylation is 2. The Hall–Kier alpha value is -2.58. The number of fused-ring (bicyclic) bond motifs is 1. The van der Waals surface area contributed by atoms with Crippen molar-refractivity contribution >= 4 is 39.1 Å². The Balaban J connectivity index is 1.55. The van der Waals surface area contributed by atoms with Gasteiger partial charge in [0.15, 0.2) is 5.01 Å². The van der Waals surface area contributed by atoms with Gasteiger partial charge in [-0.25, -0.2) is 15.0 Å². The molecule has 0 aliphatic carbocycles. The van der Waals surface area contributed by atoms with Crippen LogP contribution in [0, 0.1) is 13.8 Å². The molecule has 8 heteroatoms. The van der Waals surface area contributed by atoms with Crippen LogP contribution in [0.2, 0.25) is 0 Å². The molecule has 1 aromatic carbocycles. The molecule has 0 saturated carbocycles. The largest absolute Gasteiger partial charge is 0.338 e. The lowest BCUT2D eigenvalue weighted by molar-refractivity contribution is 0.102. The van der Waals surface area contributed by atoms with Crippen LogP contribution in [0.25, 0.3) is 10.2 Å². The highest BCUT2D eigenvalue weighted by Gasteiger charge is 2.20. The second-order valence-corrected chi connectivity index (χ2v) is 7.83. The van der Waals surface area contributed by atoms with Crippen molar-refractivity contribution in [2.24, 2.45) is 0 Å². The van der Waals surface area contributed by atoms with Crippen LogP contribution in [0.15, 0.2) is 24.3 Å². The maximum atomic E-state index is 12.7. The molecule has 7 nitrogen and oxygen atoms in total. The third-order valence-electron chi connectivity index (χ3n) is 4.77. The van der Waals surface area contributed by atoms with E-state index in [2.05, 4.69) is 37.1 Å². The van der Waals surface area contributed by atoms with Gasteiger partial charge in [-0.15, -0.1) is 11.3 Å². The van der Waals surface area contributed by atoms with Crippen LogP contribution < -0.4 is 10.2 Å². The molecule has 27 heavy (non-hydrogen) atoms. The van der Waals surface area contributed by atoms with Crippen molar-refractivity contribution < 1.29 is 4.79 Å².